The van der Waals surface area contributed by atoms with Crippen molar-refractivity contribution in [3.05, 3.63) is 76.6 Å². The van der Waals surface area contributed by atoms with Gasteiger partial charge in [0.15, 0.2) is 5.78 Å². The molecule has 3 heterocycles. The molecule has 0 unspecified atom stereocenters. The lowest BCUT2D eigenvalue weighted by Crippen LogP contribution is -2.50. The number of benzene rings is 3. The maximum atomic E-state index is 12.7. The summed E-state index contributed by atoms with van der Waals surface area (Å²) < 4.78 is 13.3. The van der Waals surface area contributed by atoms with Crippen molar-refractivity contribution in [1.29, 1.82) is 0 Å². The zero-order valence-electron chi connectivity index (χ0n) is 18.0. The molecule has 7 heteroatoms. The predicted molar refractivity (Wildman–Crippen MR) is 128 cm³/mol. The van der Waals surface area contributed by atoms with E-state index in [0.29, 0.717) is 36.1 Å². The Labute approximate surface area is 199 Å². The van der Waals surface area contributed by atoms with Gasteiger partial charge >= 0.3 is 0 Å². The Balaban J connectivity index is 1.13. The Bertz CT molecular complexity index is 1360. The first-order chi connectivity index (χ1) is 16.1. The first-order valence-corrected chi connectivity index (χ1v) is 11.9. The highest BCUT2D eigenvalue weighted by atomic mass is 79.9. The van der Waals surface area contributed by atoms with Gasteiger partial charge in [-0.3, -0.25) is 9.69 Å². The van der Waals surface area contributed by atoms with E-state index in [4.69, 9.17) is 9.15 Å². The molecule has 0 atom stereocenters. The minimum atomic E-state index is -0.424. The van der Waals surface area contributed by atoms with Gasteiger partial charge in [-0.25, -0.2) is 0 Å². The van der Waals surface area contributed by atoms with Crippen molar-refractivity contribution in [2.45, 2.75) is 31.4 Å². The molecular formula is C26H22BrN3O3. The van der Waals surface area contributed by atoms with E-state index < -0.39 is 5.60 Å². The summed E-state index contributed by atoms with van der Waals surface area (Å²) >= 11 is 3.48. The predicted octanol–water partition coefficient (Wildman–Crippen LogP) is 5.65. The van der Waals surface area contributed by atoms with Crippen molar-refractivity contribution in [2.75, 3.05) is 13.1 Å². The molecular weight excluding hydrogens is 482 g/mol. The lowest BCUT2D eigenvalue weighted by Gasteiger charge is -2.43. The molecule has 0 bridgehead atoms. The molecule has 0 saturated carbocycles. The molecule has 0 amide bonds. The van der Waals surface area contributed by atoms with Crippen molar-refractivity contribution in [2.24, 2.45) is 0 Å². The number of nitrogens with zero attached hydrogens (tertiary/aromatic N) is 3. The van der Waals surface area contributed by atoms with Gasteiger partial charge < -0.3 is 9.15 Å². The molecule has 1 aromatic heterocycles. The SMILES string of the molecule is O=C1CC2(CCN(Cc3nnc(-c4ccc5ccccc5c4)o3)CC2)Oc2cc(Br)ccc21. The fourth-order valence-corrected chi connectivity index (χ4v) is 5.15. The maximum absolute atomic E-state index is 12.7. The van der Waals surface area contributed by atoms with Gasteiger partial charge in [0.25, 0.3) is 0 Å². The third kappa shape index (κ3) is 3.96. The molecule has 0 aliphatic carbocycles. The first-order valence-electron chi connectivity index (χ1n) is 11.1. The molecule has 0 N–H and O–H groups in total. The van der Waals surface area contributed by atoms with E-state index in [-0.39, 0.29) is 5.78 Å². The third-order valence-corrected chi connectivity index (χ3v) is 7.14. The number of likely N-dealkylation sites (tertiary alicyclic amines) is 1. The number of hydrogen-bond donors (Lipinski definition) is 0. The molecule has 33 heavy (non-hydrogen) atoms. The van der Waals surface area contributed by atoms with Crippen LogP contribution in [0.25, 0.3) is 22.2 Å². The number of aromatic nitrogens is 2. The highest BCUT2D eigenvalue weighted by Crippen LogP contribution is 2.40. The van der Waals surface area contributed by atoms with Crippen LogP contribution in [-0.2, 0) is 6.54 Å². The molecule has 2 aliphatic rings. The second-order valence-electron chi connectivity index (χ2n) is 8.86. The van der Waals surface area contributed by atoms with E-state index in [1.54, 1.807) is 0 Å². The normalized spacial score (nSPS) is 17.8. The van der Waals surface area contributed by atoms with Crippen molar-refractivity contribution >= 4 is 32.5 Å². The number of ketones is 1. The Morgan fingerprint density at radius 3 is 2.64 bits per heavy atom. The van der Waals surface area contributed by atoms with Crippen LogP contribution < -0.4 is 4.74 Å². The summed E-state index contributed by atoms with van der Waals surface area (Å²) in [6, 6.07) is 20.0. The summed E-state index contributed by atoms with van der Waals surface area (Å²) in [4.78, 5) is 15.0. The second-order valence-corrected chi connectivity index (χ2v) is 9.78. The zero-order valence-corrected chi connectivity index (χ0v) is 19.5. The number of fused-ring (bicyclic) bond motifs is 2. The summed E-state index contributed by atoms with van der Waals surface area (Å²) in [6.45, 7) is 2.21. The van der Waals surface area contributed by atoms with E-state index in [2.05, 4.69) is 55.3 Å². The smallest absolute Gasteiger partial charge is 0.247 e. The lowest BCUT2D eigenvalue weighted by atomic mass is 9.82. The van der Waals surface area contributed by atoms with Gasteiger partial charge in [0.1, 0.15) is 11.4 Å². The van der Waals surface area contributed by atoms with Gasteiger partial charge in [-0.15, -0.1) is 10.2 Å². The number of piperidine rings is 1. The average Bonchev–Trinajstić information content (AvgIpc) is 3.29. The summed E-state index contributed by atoms with van der Waals surface area (Å²) in [7, 11) is 0. The monoisotopic (exact) mass is 503 g/mol. The van der Waals surface area contributed by atoms with Crippen LogP contribution in [0.2, 0.25) is 0 Å². The molecule has 1 saturated heterocycles. The summed E-state index contributed by atoms with van der Waals surface area (Å²) in [5.41, 5.74) is 1.18. The molecule has 4 aromatic rings. The summed E-state index contributed by atoms with van der Waals surface area (Å²) in [6.07, 6.45) is 2.01. The van der Waals surface area contributed by atoms with Crippen LogP contribution in [0.5, 0.6) is 5.75 Å². The van der Waals surface area contributed by atoms with Crippen molar-refractivity contribution in [1.82, 2.24) is 15.1 Å². The first kappa shape index (κ1) is 20.6. The fourth-order valence-electron chi connectivity index (χ4n) is 4.81. The number of halogens is 1. The molecule has 0 radical (unpaired) electrons. The highest BCUT2D eigenvalue weighted by molar-refractivity contribution is 9.10. The fraction of sp³-hybridized carbons (Fsp3) is 0.269. The number of ether oxygens (including phenoxy) is 1. The number of Topliss-reactive ketones (excluding diaryl/α,β-unsaturated/α-hetero) is 1. The van der Waals surface area contributed by atoms with Crippen LogP contribution in [0.15, 0.2) is 69.6 Å². The van der Waals surface area contributed by atoms with Gasteiger partial charge in [0.2, 0.25) is 11.8 Å². The molecule has 1 spiro atoms. The van der Waals surface area contributed by atoms with Crippen LogP contribution in [0.1, 0.15) is 35.5 Å². The van der Waals surface area contributed by atoms with Gasteiger partial charge in [0.05, 0.1) is 18.5 Å². The van der Waals surface area contributed by atoms with Crippen molar-refractivity contribution in [3.8, 4) is 17.2 Å². The van der Waals surface area contributed by atoms with Gasteiger partial charge in [0, 0.05) is 36.0 Å². The van der Waals surface area contributed by atoms with Crippen molar-refractivity contribution < 1.29 is 13.9 Å². The standard InChI is InChI=1S/C26H22BrN3O3/c27-20-7-8-21-22(31)15-26(33-23(21)14-20)9-11-30(12-10-26)16-24-28-29-25(32-24)19-6-5-17-3-1-2-4-18(17)13-19/h1-8,13-14H,9-12,15-16H2. The lowest BCUT2D eigenvalue weighted by molar-refractivity contribution is -0.0123. The zero-order chi connectivity index (χ0) is 22.4. The van der Waals surface area contributed by atoms with E-state index in [1.165, 1.54) is 5.39 Å². The summed E-state index contributed by atoms with van der Waals surface area (Å²) in [5.74, 6) is 1.98. The highest BCUT2D eigenvalue weighted by Gasteiger charge is 2.43. The third-order valence-electron chi connectivity index (χ3n) is 6.64. The van der Waals surface area contributed by atoms with Crippen LogP contribution >= 0.6 is 15.9 Å². The molecule has 6 nitrogen and oxygen atoms in total. The number of rotatable bonds is 3. The van der Waals surface area contributed by atoms with E-state index in [9.17, 15) is 4.79 Å². The molecule has 166 valence electrons. The Morgan fingerprint density at radius 2 is 1.79 bits per heavy atom. The molecule has 6 rings (SSSR count). The number of carbonyl (C=O) groups excluding carboxylic acids is 1. The number of carbonyl (C=O) groups is 1. The maximum Gasteiger partial charge on any atom is 0.247 e. The van der Waals surface area contributed by atoms with Gasteiger partial charge in [-0.1, -0.05) is 46.3 Å². The Hall–Kier alpha value is -3.03. The van der Waals surface area contributed by atoms with Crippen LogP contribution in [-0.4, -0.2) is 39.6 Å². The Morgan fingerprint density at radius 1 is 0.970 bits per heavy atom. The van der Waals surface area contributed by atoms with E-state index >= 15 is 0 Å². The quantitative estimate of drug-likeness (QED) is 0.359. The average molecular weight is 504 g/mol. The molecule has 2 aliphatic heterocycles. The molecule has 3 aromatic carbocycles. The van der Waals surface area contributed by atoms with Crippen LogP contribution in [0.4, 0.5) is 0 Å². The Kier molecular flexibility index (Phi) is 5.03. The largest absolute Gasteiger partial charge is 0.486 e. The minimum Gasteiger partial charge on any atom is -0.486 e. The van der Waals surface area contributed by atoms with E-state index in [1.807, 2.05) is 36.4 Å². The number of hydrogen-bond acceptors (Lipinski definition) is 6. The minimum absolute atomic E-state index is 0.161. The van der Waals surface area contributed by atoms with Crippen LogP contribution in [0.3, 0.4) is 0 Å². The second kappa shape index (κ2) is 8.08. The van der Waals surface area contributed by atoms with Crippen LogP contribution in [0, 0.1) is 0 Å². The van der Waals surface area contributed by atoms with E-state index in [0.717, 1.165) is 41.4 Å². The molecule has 1 fully saturated rings. The van der Waals surface area contributed by atoms with Crippen molar-refractivity contribution in [3.63, 3.8) is 0 Å². The summed E-state index contributed by atoms with van der Waals surface area (Å²) in [5, 5.41) is 10.9. The van der Waals surface area contributed by atoms with Gasteiger partial charge in [-0.05, 0) is 41.1 Å². The van der Waals surface area contributed by atoms with Gasteiger partial charge in [-0.2, -0.15) is 0 Å². The topological polar surface area (TPSA) is 68.5 Å².